The lowest BCUT2D eigenvalue weighted by Crippen LogP contribution is -2.57. The Kier molecular flexibility index (Phi) is 5.11. The van der Waals surface area contributed by atoms with Gasteiger partial charge in [-0.05, 0) is 44.7 Å². The van der Waals surface area contributed by atoms with Crippen LogP contribution < -0.4 is 5.32 Å². The first-order valence-electron chi connectivity index (χ1n) is 10.0. The van der Waals surface area contributed by atoms with E-state index < -0.39 is 6.04 Å². The van der Waals surface area contributed by atoms with Crippen LogP contribution in [0.5, 0.6) is 0 Å². The minimum absolute atomic E-state index is 0.129. The zero-order valence-electron chi connectivity index (χ0n) is 18.0. The summed E-state index contributed by atoms with van der Waals surface area (Å²) < 4.78 is 7.31. The third-order valence-corrected chi connectivity index (χ3v) is 6.15. The monoisotopic (exact) mass is 409 g/mol. The molecule has 1 N–H and O–H groups in total. The number of carbonyl (C=O) groups is 2. The Balaban J connectivity index is 1.51. The number of aromatic nitrogens is 2. The van der Waals surface area contributed by atoms with E-state index >= 15 is 0 Å². The highest BCUT2D eigenvalue weighted by Crippen LogP contribution is 2.27. The SMILES string of the molecule is Cc1nc(C(=O)N2CCN(C)[C@H](C(=O)Nc3ccc4c(c3)c(C)c(C)n4C)C2)co1. The normalized spacial score (nSPS) is 17.5. The molecule has 158 valence electrons. The number of benzene rings is 1. The van der Waals surface area contributed by atoms with Crippen molar-refractivity contribution in [1.82, 2.24) is 19.4 Å². The van der Waals surface area contributed by atoms with Gasteiger partial charge in [0.05, 0.1) is 0 Å². The van der Waals surface area contributed by atoms with Gasteiger partial charge in [-0.2, -0.15) is 0 Å². The van der Waals surface area contributed by atoms with Gasteiger partial charge in [0.25, 0.3) is 5.91 Å². The summed E-state index contributed by atoms with van der Waals surface area (Å²) >= 11 is 0. The molecule has 0 aliphatic carbocycles. The van der Waals surface area contributed by atoms with Crippen molar-refractivity contribution >= 4 is 28.4 Å². The lowest BCUT2D eigenvalue weighted by atomic mass is 10.1. The predicted octanol–water partition coefficient (Wildman–Crippen LogP) is 2.49. The van der Waals surface area contributed by atoms with Crippen LogP contribution in [-0.2, 0) is 11.8 Å². The van der Waals surface area contributed by atoms with Crippen molar-refractivity contribution in [2.45, 2.75) is 26.8 Å². The maximum Gasteiger partial charge on any atom is 0.275 e. The molecule has 1 saturated heterocycles. The molecule has 8 heteroatoms. The van der Waals surface area contributed by atoms with Crippen LogP contribution in [0, 0.1) is 20.8 Å². The molecule has 1 fully saturated rings. The smallest absolute Gasteiger partial charge is 0.275 e. The van der Waals surface area contributed by atoms with E-state index in [1.165, 1.54) is 17.5 Å². The van der Waals surface area contributed by atoms with Crippen LogP contribution in [-0.4, -0.2) is 63.9 Å². The van der Waals surface area contributed by atoms with Gasteiger partial charge in [-0.25, -0.2) is 4.98 Å². The van der Waals surface area contributed by atoms with Gasteiger partial charge >= 0.3 is 0 Å². The van der Waals surface area contributed by atoms with Crippen molar-refractivity contribution in [3.63, 3.8) is 0 Å². The summed E-state index contributed by atoms with van der Waals surface area (Å²) in [7, 11) is 3.95. The van der Waals surface area contributed by atoms with Crippen molar-refractivity contribution in [2.24, 2.45) is 7.05 Å². The molecular formula is C22H27N5O3. The molecule has 3 aromatic rings. The average molecular weight is 409 g/mol. The van der Waals surface area contributed by atoms with E-state index in [4.69, 9.17) is 4.42 Å². The van der Waals surface area contributed by atoms with Gasteiger partial charge < -0.3 is 19.2 Å². The summed E-state index contributed by atoms with van der Waals surface area (Å²) in [6, 6.07) is 5.52. The Hall–Kier alpha value is -3.13. The van der Waals surface area contributed by atoms with E-state index in [0.717, 1.165) is 16.6 Å². The van der Waals surface area contributed by atoms with Gasteiger partial charge in [0.1, 0.15) is 12.3 Å². The Morgan fingerprint density at radius 2 is 1.93 bits per heavy atom. The second-order valence-electron chi connectivity index (χ2n) is 7.99. The largest absolute Gasteiger partial charge is 0.448 e. The quantitative estimate of drug-likeness (QED) is 0.719. The number of piperazine rings is 1. The van der Waals surface area contributed by atoms with Crippen LogP contribution in [0.25, 0.3) is 10.9 Å². The molecular weight excluding hydrogens is 382 g/mol. The number of nitrogens with one attached hydrogen (secondary N) is 1. The first kappa shape index (κ1) is 20.2. The summed E-state index contributed by atoms with van der Waals surface area (Å²) in [6.45, 7) is 7.33. The van der Waals surface area contributed by atoms with Crippen LogP contribution >= 0.6 is 0 Å². The first-order valence-corrected chi connectivity index (χ1v) is 10.0. The van der Waals surface area contributed by atoms with E-state index in [0.29, 0.717) is 25.5 Å². The van der Waals surface area contributed by atoms with Crippen molar-refractivity contribution in [3.05, 3.63) is 47.3 Å². The number of hydrogen-bond donors (Lipinski definition) is 1. The topological polar surface area (TPSA) is 83.6 Å². The third-order valence-electron chi connectivity index (χ3n) is 6.15. The Bertz CT molecular complexity index is 1130. The van der Waals surface area contributed by atoms with Crippen molar-refractivity contribution in [2.75, 3.05) is 32.0 Å². The fourth-order valence-corrected chi connectivity index (χ4v) is 4.02. The summed E-state index contributed by atoms with van der Waals surface area (Å²) in [4.78, 5) is 33.5. The molecule has 1 aromatic carbocycles. The molecule has 1 aliphatic rings. The van der Waals surface area contributed by atoms with Crippen molar-refractivity contribution < 1.29 is 14.0 Å². The van der Waals surface area contributed by atoms with E-state index in [9.17, 15) is 9.59 Å². The van der Waals surface area contributed by atoms with Crippen LogP contribution in [0.3, 0.4) is 0 Å². The lowest BCUT2D eigenvalue weighted by Gasteiger charge is -2.38. The number of nitrogens with zero attached hydrogens (tertiary/aromatic N) is 4. The average Bonchev–Trinajstić information content (AvgIpc) is 3.25. The van der Waals surface area contributed by atoms with Gasteiger partial charge in [0, 0.05) is 55.9 Å². The molecule has 1 aliphatic heterocycles. The fraction of sp³-hybridized carbons (Fsp3) is 0.409. The van der Waals surface area contributed by atoms with E-state index in [1.807, 2.05) is 37.2 Å². The number of fused-ring (bicyclic) bond motifs is 1. The second kappa shape index (κ2) is 7.60. The zero-order valence-corrected chi connectivity index (χ0v) is 18.0. The number of rotatable bonds is 3. The maximum absolute atomic E-state index is 13.0. The summed E-state index contributed by atoms with van der Waals surface area (Å²) in [5, 5.41) is 4.16. The first-order chi connectivity index (χ1) is 14.3. The van der Waals surface area contributed by atoms with Crippen LogP contribution in [0.2, 0.25) is 0 Å². The van der Waals surface area contributed by atoms with Crippen LogP contribution in [0.4, 0.5) is 5.69 Å². The lowest BCUT2D eigenvalue weighted by molar-refractivity contribution is -0.122. The maximum atomic E-state index is 13.0. The molecule has 0 saturated carbocycles. The Labute approximate surface area is 175 Å². The van der Waals surface area contributed by atoms with Gasteiger partial charge in [-0.15, -0.1) is 0 Å². The summed E-state index contributed by atoms with van der Waals surface area (Å²) in [5.41, 5.74) is 4.58. The highest BCUT2D eigenvalue weighted by molar-refractivity contribution is 5.99. The number of carbonyl (C=O) groups excluding carboxylic acids is 2. The van der Waals surface area contributed by atoms with Gasteiger partial charge in [-0.1, -0.05) is 0 Å². The molecule has 0 radical (unpaired) electrons. The number of likely N-dealkylation sites (N-methyl/N-ethyl adjacent to an activating group) is 1. The van der Waals surface area contributed by atoms with E-state index in [-0.39, 0.29) is 17.5 Å². The summed E-state index contributed by atoms with van der Waals surface area (Å²) in [5.74, 6) is 0.106. The zero-order chi connectivity index (χ0) is 21.6. The molecule has 3 heterocycles. The molecule has 0 unspecified atom stereocenters. The molecule has 2 amide bonds. The molecule has 1 atom stereocenters. The fourth-order valence-electron chi connectivity index (χ4n) is 4.02. The molecule has 8 nitrogen and oxygen atoms in total. The number of aryl methyl sites for hydroxylation is 3. The Morgan fingerprint density at radius 1 is 1.17 bits per heavy atom. The van der Waals surface area contributed by atoms with Gasteiger partial charge in [0.15, 0.2) is 11.6 Å². The van der Waals surface area contributed by atoms with Crippen molar-refractivity contribution in [1.29, 1.82) is 0 Å². The molecule has 0 spiro atoms. The highest BCUT2D eigenvalue weighted by atomic mass is 16.3. The highest BCUT2D eigenvalue weighted by Gasteiger charge is 2.33. The Morgan fingerprint density at radius 3 is 2.63 bits per heavy atom. The minimum Gasteiger partial charge on any atom is -0.448 e. The molecule has 30 heavy (non-hydrogen) atoms. The van der Waals surface area contributed by atoms with Crippen LogP contribution in [0.1, 0.15) is 27.6 Å². The van der Waals surface area contributed by atoms with Gasteiger partial charge in [0.2, 0.25) is 5.91 Å². The van der Waals surface area contributed by atoms with Crippen LogP contribution in [0.15, 0.2) is 28.9 Å². The molecule has 2 aromatic heterocycles. The number of hydrogen-bond acceptors (Lipinski definition) is 5. The molecule has 4 rings (SSSR count). The number of oxazole rings is 1. The van der Waals surface area contributed by atoms with E-state index in [2.05, 4.69) is 28.7 Å². The van der Waals surface area contributed by atoms with E-state index in [1.54, 1.807) is 11.8 Å². The number of amides is 2. The van der Waals surface area contributed by atoms with Gasteiger partial charge in [-0.3, -0.25) is 14.5 Å². The predicted molar refractivity (Wildman–Crippen MR) is 115 cm³/mol. The summed E-state index contributed by atoms with van der Waals surface area (Å²) in [6.07, 6.45) is 1.37. The minimum atomic E-state index is -0.440. The second-order valence-corrected chi connectivity index (χ2v) is 7.99. The standard InChI is InChI=1S/C22H27N5O3/c1-13-14(2)26(5)19-7-6-16(10-17(13)19)24-21(28)20-11-27(9-8-25(20)4)22(29)18-12-30-15(3)23-18/h6-7,10,12,20H,8-9,11H2,1-5H3,(H,24,28)/t20-/m0/s1. The number of anilines is 1. The third kappa shape index (κ3) is 3.47. The molecule has 0 bridgehead atoms. The van der Waals surface area contributed by atoms with Crippen molar-refractivity contribution in [3.8, 4) is 0 Å².